The molecule has 1 amide bonds. The Hall–Kier alpha value is -3.35. The summed E-state index contributed by atoms with van der Waals surface area (Å²) in [6.45, 7) is 6.97. The summed E-state index contributed by atoms with van der Waals surface area (Å²) in [5.74, 6) is 0.986. The van der Waals surface area contributed by atoms with Crippen molar-refractivity contribution in [1.82, 2.24) is 19.9 Å². The van der Waals surface area contributed by atoms with Crippen LogP contribution in [0.15, 0.2) is 42.6 Å². The van der Waals surface area contributed by atoms with Gasteiger partial charge in [0.05, 0.1) is 11.0 Å². The van der Waals surface area contributed by atoms with Gasteiger partial charge in [-0.05, 0) is 69.5 Å². The third-order valence-corrected chi connectivity index (χ3v) is 5.99. The third-order valence-electron chi connectivity index (χ3n) is 5.99. The van der Waals surface area contributed by atoms with Crippen LogP contribution in [-0.4, -0.2) is 44.6 Å². The number of likely N-dealkylation sites (tertiary alicyclic amines) is 1. The van der Waals surface area contributed by atoms with Crippen LogP contribution >= 0.6 is 0 Å². The highest BCUT2D eigenvalue weighted by molar-refractivity contribution is 5.97. The van der Waals surface area contributed by atoms with Crippen LogP contribution in [0.25, 0.3) is 33.1 Å². The average Bonchev–Trinajstić information content (AvgIpc) is 3.35. The number of carbonyl (C=O) groups is 1. The molecule has 166 valence electrons. The number of carbonyl (C=O) groups excluding carboxylic acids is 1. The Morgan fingerprint density at radius 2 is 1.91 bits per heavy atom. The number of nitrogens with zero attached hydrogens (tertiary/aromatic N) is 2. The van der Waals surface area contributed by atoms with Crippen molar-refractivity contribution < 1.29 is 13.9 Å². The Morgan fingerprint density at radius 3 is 2.66 bits per heavy atom. The van der Waals surface area contributed by atoms with Gasteiger partial charge in [-0.3, -0.25) is 0 Å². The summed E-state index contributed by atoms with van der Waals surface area (Å²) in [5, 5.41) is 0.986. The summed E-state index contributed by atoms with van der Waals surface area (Å²) in [6, 6.07) is 10.9. The van der Waals surface area contributed by atoms with Gasteiger partial charge in [-0.25, -0.2) is 14.2 Å². The molecule has 0 aliphatic carbocycles. The molecule has 0 unspecified atom stereocenters. The largest absolute Gasteiger partial charge is 0.444 e. The molecule has 0 spiro atoms. The maximum atomic E-state index is 13.5. The standard InChI is InChI=1S/C25H27FN4O2/c1-25(2,3)32-24(31)30-10-8-15(9-11-30)23-28-20-7-4-16(12-22(20)29-23)19-14-27-21-13-17(26)5-6-18(19)21/h4-7,12-15,27H,8-11H2,1-3H3,(H,28,29). The molecule has 5 rings (SSSR count). The summed E-state index contributed by atoms with van der Waals surface area (Å²) in [6.07, 6.45) is 3.36. The fourth-order valence-electron chi connectivity index (χ4n) is 4.39. The first-order valence-corrected chi connectivity index (χ1v) is 11.0. The van der Waals surface area contributed by atoms with Crippen LogP contribution in [0.1, 0.15) is 45.4 Å². The molecule has 0 atom stereocenters. The van der Waals surface area contributed by atoms with E-state index < -0.39 is 5.60 Å². The summed E-state index contributed by atoms with van der Waals surface area (Å²) in [4.78, 5) is 25.6. The number of rotatable bonds is 2. The van der Waals surface area contributed by atoms with Crippen LogP contribution in [0.3, 0.4) is 0 Å². The van der Waals surface area contributed by atoms with E-state index in [9.17, 15) is 9.18 Å². The molecule has 2 aromatic carbocycles. The van der Waals surface area contributed by atoms with Gasteiger partial charge in [-0.2, -0.15) is 0 Å². The second kappa shape index (κ2) is 7.65. The predicted octanol–water partition coefficient (Wildman–Crippen LogP) is 5.96. The van der Waals surface area contributed by atoms with Gasteiger partial charge in [0, 0.05) is 41.7 Å². The van der Waals surface area contributed by atoms with Crippen molar-refractivity contribution in [3.63, 3.8) is 0 Å². The van der Waals surface area contributed by atoms with E-state index in [4.69, 9.17) is 9.72 Å². The fourth-order valence-corrected chi connectivity index (χ4v) is 4.39. The first-order valence-electron chi connectivity index (χ1n) is 11.0. The molecule has 1 fully saturated rings. The van der Waals surface area contributed by atoms with Crippen molar-refractivity contribution >= 4 is 28.0 Å². The Labute approximate surface area is 185 Å². The predicted molar refractivity (Wildman–Crippen MR) is 123 cm³/mol. The highest BCUT2D eigenvalue weighted by atomic mass is 19.1. The molecule has 2 aromatic heterocycles. The molecule has 1 aliphatic heterocycles. The van der Waals surface area contributed by atoms with E-state index in [1.807, 2.05) is 39.1 Å². The maximum Gasteiger partial charge on any atom is 0.410 e. The number of nitrogens with one attached hydrogen (secondary N) is 2. The molecule has 2 N–H and O–H groups in total. The third kappa shape index (κ3) is 3.95. The maximum absolute atomic E-state index is 13.5. The van der Waals surface area contributed by atoms with Gasteiger partial charge in [-0.15, -0.1) is 0 Å². The lowest BCUT2D eigenvalue weighted by molar-refractivity contribution is 0.0203. The molecule has 32 heavy (non-hydrogen) atoms. The summed E-state index contributed by atoms with van der Waals surface area (Å²) in [5.41, 5.74) is 4.27. The number of aromatic amines is 2. The minimum atomic E-state index is -0.483. The number of piperidine rings is 1. The zero-order valence-corrected chi connectivity index (χ0v) is 18.5. The molecule has 4 aromatic rings. The number of H-pyrrole nitrogens is 2. The number of aromatic nitrogens is 3. The lowest BCUT2D eigenvalue weighted by Gasteiger charge is -2.32. The first kappa shape index (κ1) is 20.5. The first-order chi connectivity index (χ1) is 15.3. The number of amides is 1. The van der Waals surface area contributed by atoms with E-state index in [0.717, 1.165) is 51.7 Å². The lowest BCUT2D eigenvalue weighted by atomic mass is 9.96. The normalized spacial score (nSPS) is 15.6. The Morgan fingerprint density at radius 1 is 1.12 bits per heavy atom. The molecule has 0 radical (unpaired) electrons. The van der Waals surface area contributed by atoms with Crippen LogP contribution in [0.2, 0.25) is 0 Å². The zero-order valence-electron chi connectivity index (χ0n) is 18.5. The number of hydrogen-bond donors (Lipinski definition) is 2. The zero-order chi connectivity index (χ0) is 22.5. The monoisotopic (exact) mass is 434 g/mol. The number of ether oxygens (including phenoxy) is 1. The molecule has 6 nitrogen and oxygen atoms in total. The van der Waals surface area contributed by atoms with Crippen molar-refractivity contribution in [2.45, 2.75) is 45.1 Å². The molecule has 0 saturated carbocycles. The number of benzene rings is 2. The fraction of sp³-hybridized carbons (Fsp3) is 0.360. The van der Waals surface area contributed by atoms with Crippen molar-refractivity contribution in [2.24, 2.45) is 0 Å². The van der Waals surface area contributed by atoms with Crippen molar-refractivity contribution in [3.05, 3.63) is 54.2 Å². The molecular formula is C25H27FN4O2. The van der Waals surface area contributed by atoms with Crippen LogP contribution in [-0.2, 0) is 4.74 Å². The van der Waals surface area contributed by atoms with Gasteiger partial charge in [0.2, 0.25) is 0 Å². The molecule has 1 saturated heterocycles. The quantitative estimate of drug-likeness (QED) is 0.408. The molecule has 1 aliphatic rings. The van der Waals surface area contributed by atoms with Crippen molar-refractivity contribution in [3.8, 4) is 11.1 Å². The van der Waals surface area contributed by atoms with Crippen LogP contribution < -0.4 is 0 Å². The topological polar surface area (TPSA) is 74.0 Å². The van der Waals surface area contributed by atoms with Gasteiger partial charge in [0.25, 0.3) is 0 Å². The van der Waals surface area contributed by atoms with Crippen LogP contribution in [0.4, 0.5) is 9.18 Å². The minimum Gasteiger partial charge on any atom is -0.444 e. The highest BCUT2D eigenvalue weighted by Gasteiger charge is 2.28. The number of hydrogen-bond acceptors (Lipinski definition) is 3. The van der Waals surface area contributed by atoms with Gasteiger partial charge in [0.1, 0.15) is 17.2 Å². The summed E-state index contributed by atoms with van der Waals surface area (Å²) >= 11 is 0. The number of halogens is 1. The van der Waals surface area contributed by atoms with Crippen molar-refractivity contribution in [2.75, 3.05) is 13.1 Å². The van der Waals surface area contributed by atoms with Gasteiger partial charge >= 0.3 is 6.09 Å². The second-order valence-corrected chi connectivity index (χ2v) is 9.49. The van der Waals surface area contributed by atoms with Crippen LogP contribution in [0, 0.1) is 5.82 Å². The molecule has 3 heterocycles. The van der Waals surface area contributed by atoms with E-state index in [1.54, 1.807) is 11.0 Å². The van der Waals surface area contributed by atoms with E-state index in [2.05, 4.69) is 16.0 Å². The van der Waals surface area contributed by atoms with E-state index >= 15 is 0 Å². The van der Waals surface area contributed by atoms with Gasteiger partial charge < -0.3 is 19.6 Å². The Balaban J connectivity index is 1.34. The Kier molecular flexibility index (Phi) is 4.92. The van der Waals surface area contributed by atoms with Crippen molar-refractivity contribution in [1.29, 1.82) is 0 Å². The summed E-state index contributed by atoms with van der Waals surface area (Å²) in [7, 11) is 0. The van der Waals surface area contributed by atoms with Gasteiger partial charge in [0.15, 0.2) is 0 Å². The minimum absolute atomic E-state index is 0.246. The summed E-state index contributed by atoms with van der Waals surface area (Å²) < 4.78 is 19.0. The molecule has 0 bridgehead atoms. The van der Waals surface area contributed by atoms with E-state index in [-0.39, 0.29) is 17.8 Å². The number of imidazole rings is 1. The molecular weight excluding hydrogens is 407 g/mol. The number of fused-ring (bicyclic) bond motifs is 2. The second-order valence-electron chi connectivity index (χ2n) is 9.49. The SMILES string of the molecule is CC(C)(C)OC(=O)N1CCC(c2nc3ccc(-c4c[nH]c5cc(F)ccc45)cc3[nH]2)CC1. The van der Waals surface area contributed by atoms with E-state index in [1.165, 1.54) is 12.1 Å². The highest BCUT2D eigenvalue weighted by Crippen LogP contribution is 2.33. The average molecular weight is 435 g/mol. The van der Waals surface area contributed by atoms with E-state index in [0.29, 0.717) is 13.1 Å². The molecule has 7 heteroatoms. The van der Waals surface area contributed by atoms with Gasteiger partial charge in [-0.1, -0.05) is 6.07 Å². The Bertz CT molecular complexity index is 1290. The van der Waals surface area contributed by atoms with Crippen LogP contribution in [0.5, 0.6) is 0 Å². The lowest BCUT2D eigenvalue weighted by Crippen LogP contribution is -2.41. The smallest absolute Gasteiger partial charge is 0.410 e.